The number of aliphatic hydroxyl groups excluding tert-OH is 1. The zero-order valence-electron chi connectivity index (χ0n) is 12.5. The number of Topliss-reactive ketones (excluding diaryl/α,β-unsaturated/α-hetero) is 1. The van der Waals surface area contributed by atoms with Crippen LogP contribution in [-0.4, -0.2) is 46.7 Å². The van der Waals surface area contributed by atoms with Crippen LogP contribution in [0.1, 0.15) is 41.0 Å². The molecule has 0 aliphatic carbocycles. The summed E-state index contributed by atoms with van der Waals surface area (Å²) in [6, 6.07) is 0. The second-order valence-corrected chi connectivity index (χ2v) is 6.35. The lowest BCUT2D eigenvalue weighted by molar-refractivity contribution is -0.129. The van der Waals surface area contributed by atoms with Crippen molar-refractivity contribution in [3.05, 3.63) is 0 Å². The van der Waals surface area contributed by atoms with Gasteiger partial charge in [0.25, 0.3) is 0 Å². The third-order valence-corrected chi connectivity index (χ3v) is 3.51. The van der Waals surface area contributed by atoms with Gasteiger partial charge in [0, 0.05) is 25.4 Å². The number of aliphatic hydroxyl groups is 1. The lowest BCUT2D eigenvalue weighted by Crippen LogP contribution is -2.49. The highest BCUT2D eigenvalue weighted by atomic mass is 16.6. The summed E-state index contributed by atoms with van der Waals surface area (Å²) in [5.74, 6) is -0.341. The summed E-state index contributed by atoms with van der Waals surface area (Å²) in [6.45, 7) is 9.69. The first-order valence-corrected chi connectivity index (χ1v) is 6.80. The molecule has 1 N–H and O–H groups in total. The topological polar surface area (TPSA) is 66.8 Å². The zero-order chi connectivity index (χ0) is 14.8. The molecule has 1 amide bonds. The first kappa shape index (κ1) is 16.0. The fourth-order valence-electron chi connectivity index (χ4n) is 2.15. The molecule has 0 aromatic heterocycles. The molecule has 5 heteroatoms. The Kier molecular flexibility index (Phi) is 4.96. The average molecular weight is 271 g/mol. The molecule has 1 aliphatic heterocycles. The molecule has 0 saturated carbocycles. The van der Waals surface area contributed by atoms with E-state index < -0.39 is 11.7 Å². The van der Waals surface area contributed by atoms with Gasteiger partial charge in [0.1, 0.15) is 11.4 Å². The van der Waals surface area contributed by atoms with Gasteiger partial charge in [0.05, 0.1) is 6.10 Å². The summed E-state index contributed by atoms with van der Waals surface area (Å²) < 4.78 is 5.31. The first-order chi connectivity index (χ1) is 8.61. The molecule has 0 bridgehead atoms. The van der Waals surface area contributed by atoms with Crippen molar-refractivity contribution in [2.24, 2.45) is 11.8 Å². The van der Waals surface area contributed by atoms with Crippen molar-refractivity contribution in [3.63, 3.8) is 0 Å². The Hall–Kier alpha value is -1.10. The Bertz CT molecular complexity index is 346. The Morgan fingerprint density at radius 2 is 2.00 bits per heavy atom. The van der Waals surface area contributed by atoms with Gasteiger partial charge >= 0.3 is 6.09 Å². The van der Waals surface area contributed by atoms with E-state index >= 15 is 0 Å². The van der Waals surface area contributed by atoms with Crippen molar-refractivity contribution in [3.8, 4) is 0 Å². The number of amides is 1. The van der Waals surface area contributed by atoms with Crippen LogP contribution in [0.15, 0.2) is 0 Å². The van der Waals surface area contributed by atoms with E-state index in [1.807, 2.05) is 27.7 Å². The van der Waals surface area contributed by atoms with Crippen molar-refractivity contribution in [2.45, 2.75) is 52.7 Å². The molecule has 0 spiro atoms. The molecule has 3 atom stereocenters. The number of likely N-dealkylation sites (tertiary alicyclic amines) is 1. The Labute approximate surface area is 114 Å². The maximum absolute atomic E-state index is 12.0. The number of carbonyl (C=O) groups excluding carboxylic acids is 2. The van der Waals surface area contributed by atoms with Gasteiger partial charge in [-0.25, -0.2) is 4.79 Å². The molecule has 3 unspecified atom stereocenters. The Morgan fingerprint density at radius 1 is 1.42 bits per heavy atom. The van der Waals surface area contributed by atoms with Crippen molar-refractivity contribution in [1.29, 1.82) is 0 Å². The maximum atomic E-state index is 12.0. The predicted octanol–water partition coefficient (Wildman–Crippen LogP) is 1.83. The van der Waals surface area contributed by atoms with Crippen LogP contribution in [0.4, 0.5) is 4.79 Å². The SMILES string of the molecule is CC(O)C(C)C1CN(C(=O)OC(C)(C)C)CCC1=O. The summed E-state index contributed by atoms with van der Waals surface area (Å²) in [4.78, 5) is 25.5. The number of rotatable bonds is 2. The third-order valence-electron chi connectivity index (χ3n) is 3.51. The van der Waals surface area contributed by atoms with E-state index in [4.69, 9.17) is 4.74 Å². The van der Waals surface area contributed by atoms with Gasteiger partial charge < -0.3 is 14.7 Å². The lowest BCUT2D eigenvalue weighted by atomic mass is 9.83. The third kappa shape index (κ3) is 4.49. The molecule has 110 valence electrons. The number of ketones is 1. The van der Waals surface area contributed by atoms with E-state index in [0.717, 1.165) is 0 Å². The molecule has 1 saturated heterocycles. The van der Waals surface area contributed by atoms with E-state index in [0.29, 0.717) is 19.5 Å². The standard InChI is InChI=1S/C14H25NO4/c1-9(10(2)16)11-8-15(7-6-12(11)17)13(18)19-14(3,4)5/h9-11,16H,6-8H2,1-5H3. The van der Waals surface area contributed by atoms with Crippen LogP contribution in [0.25, 0.3) is 0 Å². The van der Waals surface area contributed by atoms with Gasteiger partial charge in [-0.15, -0.1) is 0 Å². The number of ether oxygens (including phenoxy) is 1. The summed E-state index contributed by atoms with van der Waals surface area (Å²) >= 11 is 0. The number of carbonyl (C=O) groups is 2. The molecule has 0 aromatic rings. The number of nitrogens with zero attached hydrogens (tertiary/aromatic N) is 1. The lowest BCUT2D eigenvalue weighted by Gasteiger charge is -2.36. The summed E-state index contributed by atoms with van der Waals surface area (Å²) in [5.41, 5.74) is -0.538. The minimum atomic E-state index is -0.562. The normalized spacial score (nSPS) is 24.0. The Balaban J connectivity index is 2.69. The molecular weight excluding hydrogens is 246 g/mol. The molecule has 0 aromatic carbocycles. The zero-order valence-corrected chi connectivity index (χ0v) is 12.5. The van der Waals surface area contributed by atoms with Crippen LogP contribution in [0.2, 0.25) is 0 Å². The monoisotopic (exact) mass is 271 g/mol. The van der Waals surface area contributed by atoms with Gasteiger partial charge in [-0.05, 0) is 33.6 Å². The van der Waals surface area contributed by atoms with E-state index in [-0.39, 0.29) is 23.7 Å². The predicted molar refractivity (Wildman–Crippen MR) is 71.8 cm³/mol. The maximum Gasteiger partial charge on any atom is 0.410 e. The molecular formula is C14H25NO4. The second-order valence-electron chi connectivity index (χ2n) is 6.35. The fourth-order valence-corrected chi connectivity index (χ4v) is 2.15. The van der Waals surface area contributed by atoms with Crippen LogP contribution >= 0.6 is 0 Å². The highest BCUT2D eigenvalue weighted by Crippen LogP contribution is 2.24. The molecule has 1 fully saturated rings. The van der Waals surface area contributed by atoms with Gasteiger partial charge in [-0.1, -0.05) is 6.92 Å². The van der Waals surface area contributed by atoms with Gasteiger partial charge in [-0.2, -0.15) is 0 Å². The first-order valence-electron chi connectivity index (χ1n) is 6.80. The molecule has 5 nitrogen and oxygen atoms in total. The summed E-state index contributed by atoms with van der Waals surface area (Å²) in [5, 5.41) is 9.62. The second kappa shape index (κ2) is 5.90. The van der Waals surface area contributed by atoms with E-state index in [2.05, 4.69) is 0 Å². The van der Waals surface area contributed by atoms with E-state index in [1.54, 1.807) is 11.8 Å². The van der Waals surface area contributed by atoms with Gasteiger partial charge in [0.2, 0.25) is 0 Å². The minimum absolute atomic E-state index is 0.119. The quantitative estimate of drug-likeness (QED) is 0.832. The smallest absolute Gasteiger partial charge is 0.410 e. The molecule has 0 radical (unpaired) electrons. The summed E-state index contributed by atoms with van der Waals surface area (Å²) in [7, 11) is 0. The van der Waals surface area contributed by atoms with Crippen molar-refractivity contribution in [2.75, 3.05) is 13.1 Å². The number of hydrogen-bond acceptors (Lipinski definition) is 4. The number of hydrogen-bond donors (Lipinski definition) is 1. The van der Waals surface area contributed by atoms with Crippen LogP contribution in [0.3, 0.4) is 0 Å². The van der Waals surface area contributed by atoms with Crippen LogP contribution in [-0.2, 0) is 9.53 Å². The minimum Gasteiger partial charge on any atom is -0.444 e. The van der Waals surface area contributed by atoms with Crippen molar-refractivity contribution >= 4 is 11.9 Å². The van der Waals surface area contributed by atoms with E-state index in [9.17, 15) is 14.7 Å². The molecule has 1 aliphatic rings. The van der Waals surface area contributed by atoms with E-state index in [1.165, 1.54) is 0 Å². The number of piperidine rings is 1. The van der Waals surface area contributed by atoms with Crippen LogP contribution in [0.5, 0.6) is 0 Å². The van der Waals surface area contributed by atoms with Crippen LogP contribution < -0.4 is 0 Å². The van der Waals surface area contributed by atoms with Crippen molar-refractivity contribution in [1.82, 2.24) is 4.90 Å². The molecule has 19 heavy (non-hydrogen) atoms. The van der Waals surface area contributed by atoms with Gasteiger partial charge in [-0.3, -0.25) is 4.79 Å². The fraction of sp³-hybridized carbons (Fsp3) is 0.857. The summed E-state index contributed by atoms with van der Waals surface area (Å²) in [6.07, 6.45) is -0.614. The molecule has 1 heterocycles. The van der Waals surface area contributed by atoms with Crippen LogP contribution in [0, 0.1) is 11.8 Å². The highest BCUT2D eigenvalue weighted by Gasteiger charge is 2.36. The Morgan fingerprint density at radius 3 is 2.47 bits per heavy atom. The largest absolute Gasteiger partial charge is 0.444 e. The van der Waals surface area contributed by atoms with Crippen molar-refractivity contribution < 1.29 is 19.4 Å². The van der Waals surface area contributed by atoms with Gasteiger partial charge in [0.15, 0.2) is 0 Å². The highest BCUT2D eigenvalue weighted by molar-refractivity contribution is 5.84. The molecule has 1 rings (SSSR count). The average Bonchev–Trinajstić information content (AvgIpc) is 2.26.